The summed E-state index contributed by atoms with van der Waals surface area (Å²) < 4.78 is 0. The van der Waals surface area contributed by atoms with E-state index in [0.29, 0.717) is 0 Å². The summed E-state index contributed by atoms with van der Waals surface area (Å²) in [6, 6.07) is 0. The van der Waals surface area contributed by atoms with Gasteiger partial charge in [0.25, 0.3) is 0 Å². The molecule has 2 heteroatoms. The zero-order valence-electron chi connectivity index (χ0n) is 20.3. The highest BCUT2D eigenvalue weighted by Crippen LogP contribution is 2.16. The van der Waals surface area contributed by atoms with E-state index in [1.54, 1.807) is 0 Å². The molecule has 2 N–H and O–H groups in total. The molecule has 0 saturated heterocycles. The van der Waals surface area contributed by atoms with Crippen LogP contribution >= 0.6 is 0 Å². The Kier molecular flexibility index (Phi) is 24.1. The van der Waals surface area contributed by atoms with Crippen molar-refractivity contribution in [3.05, 3.63) is 0 Å². The van der Waals surface area contributed by atoms with Gasteiger partial charge in [0.15, 0.2) is 0 Å². The standard InChI is InChI=1S/C27H56O2/c1-3-5-7-8-9-10-11-12-13-14-15-16-17-18-19-20-21-23-27(29)25-24-26(28)22-6-4-2/h26-29H,3-25H2,1-2H3. The summed E-state index contributed by atoms with van der Waals surface area (Å²) in [7, 11) is 0. The fourth-order valence-corrected chi connectivity index (χ4v) is 4.22. The summed E-state index contributed by atoms with van der Waals surface area (Å²) in [4.78, 5) is 0. The number of aliphatic hydroxyl groups is 2. The maximum Gasteiger partial charge on any atom is 0.0541 e. The Labute approximate surface area is 184 Å². The zero-order valence-corrected chi connectivity index (χ0v) is 20.3. The Bertz CT molecular complexity index is 292. The van der Waals surface area contributed by atoms with Crippen molar-refractivity contribution in [3.63, 3.8) is 0 Å². The topological polar surface area (TPSA) is 40.5 Å². The third kappa shape index (κ3) is 24.1. The molecule has 0 aliphatic heterocycles. The lowest BCUT2D eigenvalue weighted by atomic mass is 10.0. The highest BCUT2D eigenvalue weighted by molar-refractivity contribution is 4.62. The highest BCUT2D eigenvalue weighted by Gasteiger charge is 2.08. The predicted octanol–water partition coefficient (Wildman–Crippen LogP) is 8.72. The van der Waals surface area contributed by atoms with Gasteiger partial charge in [-0.15, -0.1) is 0 Å². The summed E-state index contributed by atoms with van der Waals surface area (Å²) in [5, 5.41) is 19.9. The summed E-state index contributed by atoms with van der Waals surface area (Å²) in [6.45, 7) is 4.44. The lowest BCUT2D eigenvalue weighted by Crippen LogP contribution is -2.13. The molecule has 0 aromatic heterocycles. The van der Waals surface area contributed by atoms with Gasteiger partial charge in [0, 0.05) is 0 Å². The van der Waals surface area contributed by atoms with Crippen molar-refractivity contribution in [3.8, 4) is 0 Å². The molecule has 0 bridgehead atoms. The summed E-state index contributed by atoms with van der Waals surface area (Å²) in [5.41, 5.74) is 0. The van der Waals surface area contributed by atoms with Crippen molar-refractivity contribution in [2.45, 2.75) is 174 Å². The number of unbranched alkanes of at least 4 members (excludes halogenated alkanes) is 17. The highest BCUT2D eigenvalue weighted by atomic mass is 16.3. The van der Waals surface area contributed by atoms with E-state index in [9.17, 15) is 10.2 Å². The van der Waals surface area contributed by atoms with Crippen LogP contribution in [0, 0.1) is 0 Å². The summed E-state index contributed by atoms with van der Waals surface area (Å²) in [6.07, 6.45) is 28.8. The van der Waals surface area contributed by atoms with Crippen LogP contribution in [0.15, 0.2) is 0 Å². The first-order valence-electron chi connectivity index (χ1n) is 13.6. The number of hydrogen-bond donors (Lipinski definition) is 2. The average Bonchev–Trinajstić information content (AvgIpc) is 2.72. The number of rotatable bonds is 24. The molecule has 176 valence electrons. The molecule has 2 nitrogen and oxygen atoms in total. The van der Waals surface area contributed by atoms with Gasteiger partial charge in [0.05, 0.1) is 12.2 Å². The normalized spacial score (nSPS) is 13.7. The van der Waals surface area contributed by atoms with Gasteiger partial charge in [0.1, 0.15) is 0 Å². The van der Waals surface area contributed by atoms with Gasteiger partial charge in [-0.05, 0) is 25.7 Å². The Morgan fingerprint density at radius 2 is 0.621 bits per heavy atom. The van der Waals surface area contributed by atoms with Crippen LogP contribution in [0.2, 0.25) is 0 Å². The van der Waals surface area contributed by atoms with Gasteiger partial charge in [-0.3, -0.25) is 0 Å². The minimum absolute atomic E-state index is 0.206. The lowest BCUT2D eigenvalue weighted by Gasteiger charge is -2.14. The Morgan fingerprint density at radius 1 is 0.345 bits per heavy atom. The van der Waals surface area contributed by atoms with Crippen molar-refractivity contribution in [2.24, 2.45) is 0 Å². The molecule has 2 atom stereocenters. The molecular weight excluding hydrogens is 356 g/mol. The van der Waals surface area contributed by atoms with E-state index in [4.69, 9.17) is 0 Å². The van der Waals surface area contributed by atoms with Crippen molar-refractivity contribution < 1.29 is 10.2 Å². The molecule has 0 spiro atoms. The Morgan fingerprint density at radius 3 is 0.966 bits per heavy atom. The largest absolute Gasteiger partial charge is 0.393 e. The second-order valence-corrected chi connectivity index (χ2v) is 9.47. The minimum Gasteiger partial charge on any atom is -0.393 e. The Balaban J connectivity index is 3.16. The average molecular weight is 413 g/mol. The van der Waals surface area contributed by atoms with E-state index in [1.165, 1.54) is 103 Å². The van der Waals surface area contributed by atoms with Gasteiger partial charge in [-0.25, -0.2) is 0 Å². The van der Waals surface area contributed by atoms with Crippen LogP contribution in [-0.2, 0) is 0 Å². The van der Waals surface area contributed by atoms with E-state index in [2.05, 4.69) is 13.8 Å². The molecule has 2 unspecified atom stereocenters. The van der Waals surface area contributed by atoms with Gasteiger partial charge >= 0.3 is 0 Å². The second-order valence-electron chi connectivity index (χ2n) is 9.47. The molecule has 29 heavy (non-hydrogen) atoms. The van der Waals surface area contributed by atoms with Gasteiger partial charge in [0.2, 0.25) is 0 Å². The van der Waals surface area contributed by atoms with Gasteiger partial charge in [-0.2, -0.15) is 0 Å². The van der Waals surface area contributed by atoms with E-state index >= 15 is 0 Å². The van der Waals surface area contributed by atoms with Crippen molar-refractivity contribution in [1.29, 1.82) is 0 Å². The molecule has 0 rings (SSSR count). The van der Waals surface area contributed by atoms with E-state index in [0.717, 1.165) is 44.9 Å². The van der Waals surface area contributed by atoms with Gasteiger partial charge in [-0.1, -0.05) is 136 Å². The fraction of sp³-hybridized carbons (Fsp3) is 1.00. The first-order valence-corrected chi connectivity index (χ1v) is 13.6. The van der Waals surface area contributed by atoms with Crippen molar-refractivity contribution in [2.75, 3.05) is 0 Å². The predicted molar refractivity (Wildman–Crippen MR) is 130 cm³/mol. The molecule has 0 amide bonds. The molecule has 0 aromatic rings. The maximum atomic E-state index is 10.0. The van der Waals surface area contributed by atoms with Crippen LogP contribution in [0.5, 0.6) is 0 Å². The van der Waals surface area contributed by atoms with Gasteiger partial charge < -0.3 is 10.2 Å². The smallest absolute Gasteiger partial charge is 0.0541 e. The first kappa shape index (κ1) is 28.9. The van der Waals surface area contributed by atoms with Crippen molar-refractivity contribution in [1.82, 2.24) is 0 Å². The third-order valence-corrected chi connectivity index (χ3v) is 6.36. The number of aliphatic hydroxyl groups excluding tert-OH is 2. The van der Waals surface area contributed by atoms with Crippen LogP contribution in [-0.4, -0.2) is 22.4 Å². The zero-order chi connectivity index (χ0) is 21.4. The van der Waals surface area contributed by atoms with E-state index < -0.39 is 0 Å². The fourth-order valence-electron chi connectivity index (χ4n) is 4.22. The van der Waals surface area contributed by atoms with E-state index in [-0.39, 0.29) is 12.2 Å². The second kappa shape index (κ2) is 24.2. The summed E-state index contributed by atoms with van der Waals surface area (Å²) in [5.74, 6) is 0. The monoisotopic (exact) mass is 412 g/mol. The molecule has 0 radical (unpaired) electrons. The molecule has 0 heterocycles. The molecule has 0 aliphatic rings. The third-order valence-electron chi connectivity index (χ3n) is 6.36. The number of hydrogen-bond acceptors (Lipinski definition) is 2. The first-order chi connectivity index (χ1) is 14.2. The van der Waals surface area contributed by atoms with E-state index in [1.807, 2.05) is 0 Å². The van der Waals surface area contributed by atoms with Crippen LogP contribution in [0.3, 0.4) is 0 Å². The van der Waals surface area contributed by atoms with Crippen LogP contribution in [0.1, 0.15) is 162 Å². The SMILES string of the molecule is CCCCCCCCCCCCCCCCCCCC(O)CCC(O)CCCC. The van der Waals surface area contributed by atoms with Crippen LogP contribution < -0.4 is 0 Å². The van der Waals surface area contributed by atoms with Crippen molar-refractivity contribution >= 4 is 0 Å². The van der Waals surface area contributed by atoms with Crippen LogP contribution in [0.4, 0.5) is 0 Å². The maximum absolute atomic E-state index is 10.0. The molecule has 0 aromatic carbocycles. The molecular formula is C27H56O2. The quantitative estimate of drug-likeness (QED) is 0.156. The van der Waals surface area contributed by atoms with Crippen LogP contribution in [0.25, 0.3) is 0 Å². The molecule has 0 saturated carbocycles. The molecule has 0 aliphatic carbocycles. The Hall–Kier alpha value is -0.0800. The summed E-state index contributed by atoms with van der Waals surface area (Å²) >= 11 is 0. The minimum atomic E-state index is -0.208. The lowest BCUT2D eigenvalue weighted by molar-refractivity contribution is 0.101. The molecule has 0 fully saturated rings.